The lowest BCUT2D eigenvalue weighted by Crippen LogP contribution is -2.42. The average molecular weight is 254 g/mol. The first-order valence-electron chi connectivity index (χ1n) is 8.11. The third-order valence-corrected chi connectivity index (χ3v) is 3.94. The van der Waals surface area contributed by atoms with Gasteiger partial charge < -0.3 is 5.32 Å². The highest BCUT2D eigenvalue weighted by Gasteiger charge is 2.31. The number of nitrogens with zero attached hydrogens (tertiary/aromatic N) is 1. The van der Waals surface area contributed by atoms with E-state index in [4.69, 9.17) is 0 Å². The molecule has 108 valence electrons. The van der Waals surface area contributed by atoms with E-state index < -0.39 is 0 Å². The van der Waals surface area contributed by atoms with E-state index in [9.17, 15) is 0 Å². The minimum Gasteiger partial charge on any atom is -0.315 e. The summed E-state index contributed by atoms with van der Waals surface area (Å²) in [5.74, 6) is 0.830. The lowest BCUT2D eigenvalue weighted by molar-refractivity contribution is 0.184. The molecule has 0 aliphatic heterocycles. The Morgan fingerprint density at radius 1 is 1.17 bits per heavy atom. The van der Waals surface area contributed by atoms with Crippen molar-refractivity contribution in [2.45, 2.75) is 78.3 Å². The normalized spacial score (nSPS) is 17.7. The summed E-state index contributed by atoms with van der Waals surface area (Å²) in [4.78, 5) is 2.74. The fraction of sp³-hybridized carbons (Fsp3) is 1.00. The number of rotatable bonds is 11. The molecule has 1 atom stereocenters. The van der Waals surface area contributed by atoms with Gasteiger partial charge in [-0.3, -0.25) is 4.90 Å². The van der Waals surface area contributed by atoms with E-state index in [1.54, 1.807) is 0 Å². The van der Waals surface area contributed by atoms with Gasteiger partial charge in [0.25, 0.3) is 0 Å². The molecular formula is C16H34N2. The molecule has 2 nitrogen and oxygen atoms in total. The van der Waals surface area contributed by atoms with Gasteiger partial charge >= 0.3 is 0 Å². The van der Waals surface area contributed by atoms with Crippen LogP contribution in [-0.4, -0.2) is 36.6 Å². The molecule has 0 saturated heterocycles. The van der Waals surface area contributed by atoms with Crippen LogP contribution < -0.4 is 5.32 Å². The summed E-state index contributed by atoms with van der Waals surface area (Å²) in [7, 11) is 0. The summed E-state index contributed by atoms with van der Waals surface area (Å²) < 4.78 is 0. The highest BCUT2D eigenvalue weighted by atomic mass is 15.2. The Bertz CT molecular complexity index is 199. The van der Waals surface area contributed by atoms with Crippen molar-refractivity contribution in [1.82, 2.24) is 10.2 Å². The predicted octanol–water partition coefficient (Wildman–Crippen LogP) is 3.67. The topological polar surface area (TPSA) is 15.3 Å². The summed E-state index contributed by atoms with van der Waals surface area (Å²) in [6.45, 7) is 13.0. The van der Waals surface area contributed by atoms with E-state index in [0.717, 1.165) is 18.5 Å². The quantitative estimate of drug-likeness (QED) is 0.566. The van der Waals surface area contributed by atoms with E-state index in [1.165, 1.54) is 51.6 Å². The molecule has 0 heterocycles. The van der Waals surface area contributed by atoms with Crippen LogP contribution in [0.3, 0.4) is 0 Å². The van der Waals surface area contributed by atoms with Crippen LogP contribution in [-0.2, 0) is 0 Å². The number of unbranched alkanes of at least 4 members (excludes halogenated alkanes) is 2. The molecule has 0 amide bonds. The number of nitrogens with one attached hydrogen (secondary N) is 1. The standard InChI is InChI=1S/C16H34N2/c1-5-6-7-11-17-13-15(4)18(16-8-9-16)12-10-14(2)3/h14-17H,5-13H2,1-4H3. The van der Waals surface area contributed by atoms with Crippen molar-refractivity contribution < 1.29 is 0 Å². The summed E-state index contributed by atoms with van der Waals surface area (Å²) in [6.07, 6.45) is 8.22. The minimum absolute atomic E-state index is 0.706. The highest BCUT2D eigenvalue weighted by Crippen LogP contribution is 2.29. The van der Waals surface area contributed by atoms with Crippen LogP contribution >= 0.6 is 0 Å². The van der Waals surface area contributed by atoms with Gasteiger partial charge in [-0.15, -0.1) is 0 Å². The molecule has 1 rings (SSSR count). The van der Waals surface area contributed by atoms with Crippen molar-refractivity contribution >= 4 is 0 Å². The van der Waals surface area contributed by atoms with Gasteiger partial charge in [-0.2, -0.15) is 0 Å². The van der Waals surface area contributed by atoms with Crippen LogP contribution in [0.15, 0.2) is 0 Å². The van der Waals surface area contributed by atoms with Gasteiger partial charge in [-0.1, -0.05) is 33.6 Å². The Labute approximate surface area is 115 Å². The average Bonchev–Trinajstić information content (AvgIpc) is 3.13. The van der Waals surface area contributed by atoms with Crippen molar-refractivity contribution in [3.05, 3.63) is 0 Å². The van der Waals surface area contributed by atoms with Gasteiger partial charge in [0.15, 0.2) is 0 Å². The lowest BCUT2D eigenvalue weighted by atomic mass is 10.1. The summed E-state index contributed by atoms with van der Waals surface area (Å²) in [6, 6.07) is 1.61. The Morgan fingerprint density at radius 3 is 2.44 bits per heavy atom. The van der Waals surface area contributed by atoms with Gasteiger partial charge in [0.05, 0.1) is 0 Å². The van der Waals surface area contributed by atoms with Gasteiger partial charge in [0, 0.05) is 18.6 Å². The maximum Gasteiger partial charge on any atom is 0.0195 e. The first-order chi connectivity index (χ1) is 8.65. The summed E-state index contributed by atoms with van der Waals surface area (Å²) in [5.41, 5.74) is 0. The number of hydrogen-bond donors (Lipinski definition) is 1. The second-order valence-electron chi connectivity index (χ2n) is 6.41. The van der Waals surface area contributed by atoms with E-state index in [-0.39, 0.29) is 0 Å². The predicted molar refractivity (Wildman–Crippen MR) is 81.0 cm³/mol. The Kier molecular flexibility index (Phi) is 7.92. The van der Waals surface area contributed by atoms with Crippen molar-refractivity contribution in [3.8, 4) is 0 Å². The van der Waals surface area contributed by atoms with Crippen molar-refractivity contribution in [2.75, 3.05) is 19.6 Å². The van der Waals surface area contributed by atoms with E-state index in [2.05, 4.69) is 37.9 Å². The number of hydrogen-bond acceptors (Lipinski definition) is 2. The third kappa shape index (κ3) is 6.75. The molecule has 0 aromatic heterocycles. The molecule has 0 aromatic rings. The molecule has 1 saturated carbocycles. The van der Waals surface area contributed by atoms with Crippen LogP contribution in [0.4, 0.5) is 0 Å². The van der Waals surface area contributed by atoms with Crippen molar-refractivity contribution in [3.63, 3.8) is 0 Å². The summed E-state index contributed by atoms with van der Waals surface area (Å²) in [5, 5.41) is 3.63. The lowest BCUT2D eigenvalue weighted by Gasteiger charge is -2.30. The van der Waals surface area contributed by atoms with Gasteiger partial charge in [0.1, 0.15) is 0 Å². The second kappa shape index (κ2) is 8.92. The van der Waals surface area contributed by atoms with E-state index >= 15 is 0 Å². The van der Waals surface area contributed by atoms with Crippen LogP contribution in [0.25, 0.3) is 0 Å². The van der Waals surface area contributed by atoms with Gasteiger partial charge in [-0.25, -0.2) is 0 Å². The Hall–Kier alpha value is -0.0800. The molecule has 1 aliphatic carbocycles. The second-order valence-corrected chi connectivity index (χ2v) is 6.41. The maximum absolute atomic E-state index is 3.63. The maximum atomic E-state index is 3.63. The van der Waals surface area contributed by atoms with Crippen LogP contribution in [0.2, 0.25) is 0 Å². The molecule has 1 fully saturated rings. The molecule has 1 N–H and O–H groups in total. The van der Waals surface area contributed by atoms with Crippen LogP contribution in [0, 0.1) is 5.92 Å². The Morgan fingerprint density at radius 2 is 1.89 bits per heavy atom. The summed E-state index contributed by atoms with van der Waals surface area (Å²) >= 11 is 0. The van der Waals surface area contributed by atoms with Crippen molar-refractivity contribution in [1.29, 1.82) is 0 Å². The van der Waals surface area contributed by atoms with Crippen molar-refractivity contribution in [2.24, 2.45) is 5.92 Å². The smallest absolute Gasteiger partial charge is 0.0195 e. The Balaban J connectivity index is 2.16. The SMILES string of the molecule is CCCCCNCC(C)N(CCC(C)C)C1CC1. The van der Waals surface area contributed by atoms with Crippen LogP contribution in [0.5, 0.6) is 0 Å². The van der Waals surface area contributed by atoms with E-state index in [1.807, 2.05) is 0 Å². The molecule has 1 aliphatic rings. The largest absolute Gasteiger partial charge is 0.315 e. The molecule has 2 heteroatoms. The zero-order chi connectivity index (χ0) is 13.4. The molecule has 1 unspecified atom stereocenters. The molecule has 0 spiro atoms. The molecular weight excluding hydrogens is 220 g/mol. The molecule has 0 radical (unpaired) electrons. The third-order valence-electron chi connectivity index (χ3n) is 3.94. The molecule has 0 aromatic carbocycles. The molecule has 18 heavy (non-hydrogen) atoms. The first kappa shape index (κ1) is 16.0. The molecule has 0 bridgehead atoms. The zero-order valence-corrected chi connectivity index (χ0v) is 13.0. The van der Waals surface area contributed by atoms with Gasteiger partial charge in [-0.05, 0) is 51.6 Å². The fourth-order valence-corrected chi connectivity index (χ4v) is 2.50. The highest BCUT2D eigenvalue weighted by molar-refractivity contribution is 4.88. The minimum atomic E-state index is 0.706. The monoisotopic (exact) mass is 254 g/mol. The van der Waals surface area contributed by atoms with Gasteiger partial charge in [0.2, 0.25) is 0 Å². The first-order valence-corrected chi connectivity index (χ1v) is 8.11. The van der Waals surface area contributed by atoms with Crippen LogP contribution in [0.1, 0.15) is 66.2 Å². The zero-order valence-electron chi connectivity index (χ0n) is 13.0. The van der Waals surface area contributed by atoms with E-state index in [0.29, 0.717) is 6.04 Å². The fourth-order valence-electron chi connectivity index (χ4n) is 2.50.